The van der Waals surface area contributed by atoms with E-state index in [1.807, 2.05) is 31.3 Å². The van der Waals surface area contributed by atoms with Crippen molar-refractivity contribution in [1.82, 2.24) is 10.2 Å². The van der Waals surface area contributed by atoms with Gasteiger partial charge in [0.15, 0.2) is 0 Å². The first-order valence-corrected chi connectivity index (χ1v) is 7.25. The molecular formula is C15H21ClN2O. The highest BCUT2D eigenvalue weighted by Crippen LogP contribution is 2.17. The largest absolute Gasteiger partial charge is 0.341 e. The summed E-state index contributed by atoms with van der Waals surface area (Å²) >= 11 is 6.11. The van der Waals surface area contributed by atoms with Gasteiger partial charge >= 0.3 is 0 Å². The Labute approximate surface area is 119 Å². The summed E-state index contributed by atoms with van der Waals surface area (Å²) in [6.07, 6.45) is 3.97. The number of carbonyl (C=O) groups excluding carboxylic acids is 1. The third kappa shape index (κ3) is 4.22. The van der Waals surface area contributed by atoms with E-state index in [0.717, 1.165) is 23.6 Å². The fraction of sp³-hybridized carbons (Fsp3) is 0.533. The third-order valence-corrected chi connectivity index (χ3v) is 4.03. The molecule has 1 aliphatic rings. The predicted octanol–water partition coefficient (Wildman–Crippen LogP) is 2.83. The third-order valence-electron chi connectivity index (χ3n) is 3.66. The van der Waals surface area contributed by atoms with Crippen molar-refractivity contribution in [3.05, 3.63) is 34.9 Å². The van der Waals surface area contributed by atoms with Crippen LogP contribution in [-0.4, -0.2) is 30.4 Å². The number of halogens is 1. The number of amides is 1. The standard InChI is InChI=1S/C15H21ClN2O/c1-18(11-12-5-2-3-7-14(12)16)15(19)9-8-13-6-4-10-17-13/h2-3,5,7,13,17H,4,6,8-11H2,1H3. The Kier molecular flexibility index (Phi) is 5.23. The second-order valence-electron chi connectivity index (χ2n) is 5.17. The molecule has 1 aromatic rings. The molecule has 1 aromatic carbocycles. The van der Waals surface area contributed by atoms with Crippen molar-refractivity contribution in [2.24, 2.45) is 0 Å². The lowest BCUT2D eigenvalue weighted by atomic mass is 10.1. The number of carbonyl (C=O) groups is 1. The Hall–Kier alpha value is -1.06. The lowest BCUT2D eigenvalue weighted by Gasteiger charge is -2.19. The maximum atomic E-state index is 12.1. The molecule has 104 valence electrons. The second-order valence-corrected chi connectivity index (χ2v) is 5.58. The predicted molar refractivity (Wildman–Crippen MR) is 78.2 cm³/mol. The van der Waals surface area contributed by atoms with Crippen molar-refractivity contribution >= 4 is 17.5 Å². The van der Waals surface area contributed by atoms with Crippen LogP contribution in [0.3, 0.4) is 0 Å². The molecule has 1 atom stereocenters. The van der Waals surface area contributed by atoms with Gasteiger partial charge < -0.3 is 10.2 Å². The molecule has 4 heteroatoms. The second kappa shape index (κ2) is 6.92. The molecule has 0 aliphatic carbocycles. The highest BCUT2D eigenvalue weighted by Gasteiger charge is 2.17. The molecule has 1 unspecified atom stereocenters. The zero-order valence-electron chi connectivity index (χ0n) is 11.4. The monoisotopic (exact) mass is 280 g/mol. The molecule has 0 spiro atoms. The van der Waals surface area contributed by atoms with Crippen molar-refractivity contribution < 1.29 is 4.79 Å². The lowest BCUT2D eigenvalue weighted by molar-refractivity contribution is -0.130. The maximum absolute atomic E-state index is 12.1. The Morgan fingerprint density at radius 1 is 1.47 bits per heavy atom. The van der Waals surface area contributed by atoms with E-state index in [-0.39, 0.29) is 5.91 Å². The first-order valence-electron chi connectivity index (χ1n) is 6.87. The molecule has 1 fully saturated rings. The summed E-state index contributed by atoms with van der Waals surface area (Å²) in [6, 6.07) is 8.20. The quantitative estimate of drug-likeness (QED) is 0.899. The smallest absolute Gasteiger partial charge is 0.222 e. The van der Waals surface area contributed by atoms with Crippen molar-refractivity contribution in [2.75, 3.05) is 13.6 Å². The molecule has 1 N–H and O–H groups in total. The summed E-state index contributed by atoms with van der Waals surface area (Å²) < 4.78 is 0. The molecule has 0 bridgehead atoms. The molecule has 3 nitrogen and oxygen atoms in total. The number of nitrogens with one attached hydrogen (secondary N) is 1. The van der Waals surface area contributed by atoms with Crippen LogP contribution in [0.1, 0.15) is 31.2 Å². The number of rotatable bonds is 5. The summed E-state index contributed by atoms with van der Waals surface area (Å²) in [4.78, 5) is 13.8. The summed E-state index contributed by atoms with van der Waals surface area (Å²) in [7, 11) is 1.84. The molecule has 1 amide bonds. The van der Waals surface area contributed by atoms with Gasteiger partial charge in [-0.3, -0.25) is 4.79 Å². The van der Waals surface area contributed by atoms with E-state index in [2.05, 4.69) is 5.32 Å². The number of benzene rings is 1. The minimum Gasteiger partial charge on any atom is -0.341 e. The Bertz CT molecular complexity index is 430. The van der Waals surface area contributed by atoms with Crippen LogP contribution in [0.4, 0.5) is 0 Å². The SMILES string of the molecule is CN(Cc1ccccc1Cl)C(=O)CCC1CCCN1. The highest BCUT2D eigenvalue weighted by molar-refractivity contribution is 6.31. The summed E-state index contributed by atoms with van der Waals surface area (Å²) in [6.45, 7) is 1.67. The van der Waals surface area contributed by atoms with Gasteiger partial charge in [-0.2, -0.15) is 0 Å². The number of nitrogens with zero attached hydrogens (tertiary/aromatic N) is 1. The average molecular weight is 281 g/mol. The van der Waals surface area contributed by atoms with Gasteiger partial charge in [0.1, 0.15) is 0 Å². The first-order chi connectivity index (χ1) is 9.16. The summed E-state index contributed by atoms with van der Waals surface area (Å²) in [5.41, 5.74) is 0.999. The normalized spacial score (nSPS) is 18.5. The van der Waals surface area contributed by atoms with Gasteiger partial charge in [0.2, 0.25) is 5.91 Å². The Morgan fingerprint density at radius 3 is 2.95 bits per heavy atom. The minimum atomic E-state index is 0.189. The van der Waals surface area contributed by atoms with E-state index in [1.165, 1.54) is 12.8 Å². The van der Waals surface area contributed by atoms with E-state index in [0.29, 0.717) is 19.0 Å². The molecule has 19 heavy (non-hydrogen) atoms. The van der Waals surface area contributed by atoms with Crippen LogP contribution >= 0.6 is 11.6 Å². The lowest BCUT2D eigenvalue weighted by Crippen LogP contribution is -2.29. The van der Waals surface area contributed by atoms with Crippen LogP contribution in [0.25, 0.3) is 0 Å². The van der Waals surface area contributed by atoms with Crippen molar-refractivity contribution in [1.29, 1.82) is 0 Å². The van der Waals surface area contributed by atoms with E-state index in [1.54, 1.807) is 4.90 Å². The van der Waals surface area contributed by atoms with Gasteiger partial charge in [-0.15, -0.1) is 0 Å². The zero-order valence-corrected chi connectivity index (χ0v) is 12.1. The maximum Gasteiger partial charge on any atom is 0.222 e. The Balaban J connectivity index is 1.80. The van der Waals surface area contributed by atoms with Gasteiger partial charge in [0, 0.05) is 31.1 Å². The average Bonchev–Trinajstić information content (AvgIpc) is 2.91. The van der Waals surface area contributed by atoms with Gasteiger partial charge in [-0.1, -0.05) is 29.8 Å². The molecule has 0 aromatic heterocycles. The van der Waals surface area contributed by atoms with Crippen LogP contribution in [0, 0.1) is 0 Å². The molecular weight excluding hydrogens is 260 g/mol. The molecule has 1 heterocycles. The van der Waals surface area contributed by atoms with Crippen molar-refractivity contribution in [3.8, 4) is 0 Å². The van der Waals surface area contributed by atoms with Crippen LogP contribution < -0.4 is 5.32 Å². The fourth-order valence-corrected chi connectivity index (χ4v) is 2.66. The van der Waals surface area contributed by atoms with Crippen molar-refractivity contribution in [2.45, 2.75) is 38.3 Å². The molecule has 1 saturated heterocycles. The number of hydrogen-bond acceptors (Lipinski definition) is 2. The first kappa shape index (κ1) is 14.4. The van der Waals surface area contributed by atoms with E-state index >= 15 is 0 Å². The van der Waals surface area contributed by atoms with Gasteiger partial charge in [0.05, 0.1) is 0 Å². The van der Waals surface area contributed by atoms with Crippen LogP contribution in [0.5, 0.6) is 0 Å². The van der Waals surface area contributed by atoms with Gasteiger partial charge in [0.25, 0.3) is 0 Å². The molecule has 2 rings (SSSR count). The van der Waals surface area contributed by atoms with E-state index in [9.17, 15) is 4.79 Å². The zero-order chi connectivity index (χ0) is 13.7. The van der Waals surface area contributed by atoms with E-state index in [4.69, 9.17) is 11.6 Å². The minimum absolute atomic E-state index is 0.189. The van der Waals surface area contributed by atoms with Gasteiger partial charge in [-0.25, -0.2) is 0 Å². The highest BCUT2D eigenvalue weighted by atomic mass is 35.5. The molecule has 0 saturated carbocycles. The molecule has 1 aliphatic heterocycles. The van der Waals surface area contributed by atoms with Crippen LogP contribution in [0.15, 0.2) is 24.3 Å². The van der Waals surface area contributed by atoms with Crippen molar-refractivity contribution in [3.63, 3.8) is 0 Å². The fourth-order valence-electron chi connectivity index (χ4n) is 2.46. The summed E-state index contributed by atoms with van der Waals surface area (Å²) in [5.74, 6) is 0.189. The van der Waals surface area contributed by atoms with Crippen LogP contribution in [-0.2, 0) is 11.3 Å². The Morgan fingerprint density at radius 2 is 2.26 bits per heavy atom. The van der Waals surface area contributed by atoms with E-state index < -0.39 is 0 Å². The molecule has 0 radical (unpaired) electrons. The van der Waals surface area contributed by atoms with Gasteiger partial charge in [-0.05, 0) is 37.4 Å². The van der Waals surface area contributed by atoms with Crippen LogP contribution in [0.2, 0.25) is 5.02 Å². The topological polar surface area (TPSA) is 32.3 Å². The summed E-state index contributed by atoms with van der Waals surface area (Å²) in [5, 5.41) is 4.14. The number of hydrogen-bond donors (Lipinski definition) is 1.